The minimum absolute atomic E-state index is 0.228. The summed E-state index contributed by atoms with van der Waals surface area (Å²) >= 11 is 6.09. The zero-order valence-corrected chi connectivity index (χ0v) is 19.9. The van der Waals surface area contributed by atoms with Crippen LogP contribution in [0.25, 0.3) is 11.2 Å². The van der Waals surface area contributed by atoms with Crippen LogP contribution >= 0.6 is 11.6 Å². The van der Waals surface area contributed by atoms with Crippen molar-refractivity contribution in [2.45, 2.75) is 33.9 Å². The first-order chi connectivity index (χ1) is 15.7. The number of aromatic nitrogens is 4. The number of halogens is 1. The van der Waals surface area contributed by atoms with E-state index in [4.69, 9.17) is 16.6 Å². The lowest BCUT2D eigenvalue weighted by Crippen LogP contribution is -2.40. The van der Waals surface area contributed by atoms with Gasteiger partial charge in [-0.25, -0.2) is 4.79 Å². The third-order valence-electron chi connectivity index (χ3n) is 6.41. The highest BCUT2D eigenvalue weighted by atomic mass is 35.5. The van der Waals surface area contributed by atoms with Crippen LogP contribution in [0, 0.1) is 19.8 Å². The van der Waals surface area contributed by atoms with Gasteiger partial charge in [-0.15, -0.1) is 0 Å². The molecule has 0 bridgehead atoms. The molecule has 1 aliphatic heterocycles. The summed E-state index contributed by atoms with van der Waals surface area (Å²) < 4.78 is 4.77. The number of anilines is 2. The smallest absolute Gasteiger partial charge is 0.312 e. The molecule has 0 fully saturated rings. The van der Waals surface area contributed by atoms with E-state index in [9.17, 15) is 9.59 Å². The number of imidazole rings is 1. The standard InChI is InChI=1S/C25H26ClN5O2/c1-15-5-6-17(3)18(11-15)14-31-23(32)21-22(28(4)25(31)33)27-24-29(12-16(2)13-30(21)24)20-9-7-19(26)8-10-20/h5-11,16H,12-14H2,1-4H3. The molecule has 2 aromatic heterocycles. The molecule has 1 atom stereocenters. The van der Waals surface area contributed by atoms with Gasteiger partial charge < -0.3 is 9.47 Å². The van der Waals surface area contributed by atoms with Gasteiger partial charge in [0.25, 0.3) is 5.56 Å². The second-order valence-electron chi connectivity index (χ2n) is 9.05. The molecule has 0 saturated heterocycles. The molecule has 2 aromatic carbocycles. The average molecular weight is 464 g/mol. The van der Waals surface area contributed by atoms with Gasteiger partial charge in [-0.1, -0.05) is 42.3 Å². The van der Waals surface area contributed by atoms with E-state index in [0.717, 1.165) is 28.9 Å². The van der Waals surface area contributed by atoms with Gasteiger partial charge in [0, 0.05) is 30.8 Å². The number of fused-ring (bicyclic) bond motifs is 3. The van der Waals surface area contributed by atoms with E-state index in [1.165, 1.54) is 9.13 Å². The fraction of sp³-hybridized carbons (Fsp3) is 0.320. The lowest BCUT2D eigenvalue weighted by Gasteiger charge is -2.33. The van der Waals surface area contributed by atoms with Crippen molar-refractivity contribution in [2.24, 2.45) is 13.0 Å². The summed E-state index contributed by atoms with van der Waals surface area (Å²) in [6.45, 7) is 7.80. The van der Waals surface area contributed by atoms with Crippen LogP contribution in [0.15, 0.2) is 52.1 Å². The number of rotatable bonds is 3. The van der Waals surface area contributed by atoms with E-state index < -0.39 is 0 Å². The summed E-state index contributed by atoms with van der Waals surface area (Å²) in [4.78, 5) is 33.8. The second kappa shape index (κ2) is 7.92. The maximum atomic E-state index is 13.7. The van der Waals surface area contributed by atoms with E-state index in [0.29, 0.717) is 28.7 Å². The number of hydrogen-bond acceptors (Lipinski definition) is 4. The highest BCUT2D eigenvalue weighted by Gasteiger charge is 2.30. The summed E-state index contributed by atoms with van der Waals surface area (Å²) in [5.41, 5.74) is 4.25. The molecule has 1 aliphatic rings. The van der Waals surface area contributed by atoms with Crippen molar-refractivity contribution in [3.63, 3.8) is 0 Å². The Morgan fingerprint density at radius 2 is 1.79 bits per heavy atom. The highest BCUT2D eigenvalue weighted by molar-refractivity contribution is 6.30. The molecule has 0 amide bonds. The average Bonchev–Trinajstić information content (AvgIpc) is 3.17. The summed E-state index contributed by atoms with van der Waals surface area (Å²) in [5, 5.41) is 0.661. The largest absolute Gasteiger partial charge is 0.332 e. The van der Waals surface area contributed by atoms with E-state index in [1.54, 1.807) is 7.05 Å². The minimum Gasteiger partial charge on any atom is -0.312 e. The Hall–Kier alpha value is -3.32. The van der Waals surface area contributed by atoms with Gasteiger partial charge in [-0.2, -0.15) is 4.98 Å². The Kier molecular flexibility index (Phi) is 5.16. The summed E-state index contributed by atoms with van der Waals surface area (Å²) in [6.07, 6.45) is 0. The Morgan fingerprint density at radius 1 is 1.06 bits per heavy atom. The van der Waals surface area contributed by atoms with Gasteiger partial charge >= 0.3 is 5.69 Å². The van der Waals surface area contributed by atoms with Crippen LogP contribution in [-0.2, 0) is 20.1 Å². The molecule has 170 valence electrons. The van der Waals surface area contributed by atoms with Crippen molar-refractivity contribution in [1.29, 1.82) is 0 Å². The third-order valence-corrected chi connectivity index (χ3v) is 6.67. The molecule has 7 nitrogen and oxygen atoms in total. The first-order valence-corrected chi connectivity index (χ1v) is 11.4. The molecule has 3 heterocycles. The maximum Gasteiger partial charge on any atom is 0.332 e. The Bertz CT molecular complexity index is 1500. The van der Waals surface area contributed by atoms with Gasteiger partial charge in [-0.3, -0.25) is 13.9 Å². The normalized spacial score (nSPS) is 15.8. The summed E-state index contributed by atoms with van der Waals surface area (Å²) in [5.74, 6) is 0.955. The number of aryl methyl sites for hydroxylation is 3. The fourth-order valence-electron chi connectivity index (χ4n) is 4.62. The van der Waals surface area contributed by atoms with Crippen LogP contribution in [-0.4, -0.2) is 25.2 Å². The topological polar surface area (TPSA) is 65.1 Å². The first-order valence-electron chi connectivity index (χ1n) is 11.0. The van der Waals surface area contributed by atoms with E-state index in [2.05, 4.69) is 11.8 Å². The van der Waals surface area contributed by atoms with Crippen LogP contribution < -0.4 is 16.1 Å². The van der Waals surface area contributed by atoms with Crippen LogP contribution in [0.2, 0.25) is 5.02 Å². The van der Waals surface area contributed by atoms with Crippen LogP contribution in [0.4, 0.5) is 11.6 Å². The molecule has 8 heteroatoms. The number of benzene rings is 2. The van der Waals surface area contributed by atoms with E-state index in [-0.39, 0.29) is 23.7 Å². The molecule has 0 spiro atoms. The van der Waals surface area contributed by atoms with Crippen molar-refractivity contribution in [3.8, 4) is 0 Å². The molecule has 5 rings (SSSR count). The summed E-state index contributed by atoms with van der Waals surface area (Å²) in [7, 11) is 1.68. The lowest BCUT2D eigenvalue weighted by atomic mass is 10.1. The molecule has 0 aliphatic carbocycles. The quantitative estimate of drug-likeness (QED) is 0.460. The zero-order valence-electron chi connectivity index (χ0n) is 19.2. The zero-order chi connectivity index (χ0) is 23.4. The number of nitrogens with zero attached hydrogens (tertiary/aromatic N) is 5. The Labute approximate surface area is 196 Å². The predicted molar refractivity (Wildman–Crippen MR) is 132 cm³/mol. The highest BCUT2D eigenvalue weighted by Crippen LogP contribution is 2.33. The molecular formula is C25H26ClN5O2. The van der Waals surface area contributed by atoms with Gasteiger partial charge in [0.05, 0.1) is 6.54 Å². The summed E-state index contributed by atoms with van der Waals surface area (Å²) in [6, 6.07) is 13.7. The van der Waals surface area contributed by atoms with Crippen LogP contribution in [0.1, 0.15) is 23.6 Å². The van der Waals surface area contributed by atoms with Gasteiger partial charge in [0.1, 0.15) is 0 Å². The van der Waals surface area contributed by atoms with Gasteiger partial charge in [-0.05, 0) is 55.2 Å². The molecule has 4 aromatic rings. The van der Waals surface area contributed by atoms with Gasteiger partial charge in [0.2, 0.25) is 5.95 Å². The molecular weight excluding hydrogens is 438 g/mol. The molecule has 1 unspecified atom stereocenters. The molecule has 0 saturated carbocycles. The molecule has 33 heavy (non-hydrogen) atoms. The fourth-order valence-corrected chi connectivity index (χ4v) is 4.75. The van der Waals surface area contributed by atoms with Gasteiger partial charge in [0.15, 0.2) is 11.2 Å². The van der Waals surface area contributed by atoms with Crippen molar-refractivity contribution < 1.29 is 0 Å². The van der Waals surface area contributed by atoms with Crippen molar-refractivity contribution in [1.82, 2.24) is 18.7 Å². The SMILES string of the molecule is Cc1ccc(C)c(Cn2c(=O)c3c(nc4n3CC(C)CN4c3ccc(Cl)cc3)n(C)c2=O)c1. The van der Waals surface area contributed by atoms with Crippen molar-refractivity contribution in [3.05, 3.63) is 85.0 Å². The van der Waals surface area contributed by atoms with E-state index >= 15 is 0 Å². The maximum absolute atomic E-state index is 13.7. The van der Waals surface area contributed by atoms with E-state index in [1.807, 2.05) is 60.9 Å². The predicted octanol–water partition coefficient (Wildman–Crippen LogP) is 4.00. The van der Waals surface area contributed by atoms with Crippen molar-refractivity contribution in [2.75, 3.05) is 11.4 Å². The monoisotopic (exact) mass is 463 g/mol. The minimum atomic E-state index is -0.366. The molecule has 0 N–H and O–H groups in total. The van der Waals surface area contributed by atoms with Crippen LogP contribution in [0.3, 0.4) is 0 Å². The number of hydrogen-bond donors (Lipinski definition) is 0. The second-order valence-corrected chi connectivity index (χ2v) is 9.49. The van der Waals surface area contributed by atoms with Crippen LogP contribution in [0.5, 0.6) is 0 Å². The third kappa shape index (κ3) is 3.56. The lowest BCUT2D eigenvalue weighted by molar-refractivity contribution is 0.458. The Balaban J connectivity index is 1.72. The molecule has 0 radical (unpaired) electrons. The Morgan fingerprint density at radius 3 is 2.52 bits per heavy atom. The first kappa shape index (κ1) is 21.5. The van der Waals surface area contributed by atoms with Crippen molar-refractivity contribution >= 4 is 34.4 Å².